The van der Waals surface area contributed by atoms with Crippen LogP contribution in [0, 0.1) is 0 Å². The summed E-state index contributed by atoms with van der Waals surface area (Å²) in [7, 11) is 1.57. The van der Waals surface area contributed by atoms with E-state index in [1.807, 2.05) is 26.0 Å². The first kappa shape index (κ1) is 13.8. The van der Waals surface area contributed by atoms with Crippen LogP contribution in [0.5, 0.6) is 11.5 Å². The van der Waals surface area contributed by atoms with Gasteiger partial charge in [0.2, 0.25) is 0 Å². The molecule has 0 amide bonds. The summed E-state index contributed by atoms with van der Waals surface area (Å²) in [6.45, 7) is 4.74. The first-order valence-electron chi connectivity index (χ1n) is 5.70. The van der Waals surface area contributed by atoms with Crippen molar-refractivity contribution in [3.05, 3.63) is 23.8 Å². The molecule has 1 rings (SSSR count). The Hall–Kier alpha value is -1.26. The molecule has 0 aromatic heterocycles. The summed E-state index contributed by atoms with van der Waals surface area (Å²) in [5.41, 5.74) is 0.665. The predicted molar refractivity (Wildman–Crippen MR) is 67.3 cm³/mol. The Morgan fingerprint density at radius 2 is 2.06 bits per heavy atom. The van der Waals surface area contributed by atoms with Gasteiger partial charge in [0, 0.05) is 30.3 Å². The summed E-state index contributed by atoms with van der Waals surface area (Å²) in [5, 5.41) is 22.0. The molecule has 96 valence electrons. The minimum Gasteiger partial charge on any atom is -0.507 e. The lowest BCUT2D eigenvalue weighted by atomic mass is 10.0. The summed E-state index contributed by atoms with van der Waals surface area (Å²) in [6, 6.07) is 5.24. The number of nitrogens with one attached hydrogen (secondary N) is 1. The fraction of sp³-hybridized carbons (Fsp3) is 0.538. The normalized spacial score (nSPS) is 11.5. The second-order valence-electron chi connectivity index (χ2n) is 4.71. The van der Waals surface area contributed by atoms with E-state index in [4.69, 9.17) is 9.84 Å². The molecule has 1 aromatic carbocycles. The van der Waals surface area contributed by atoms with Crippen LogP contribution in [0.2, 0.25) is 0 Å². The highest BCUT2D eigenvalue weighted by Gasteiger charge is 2.16. The minimum atomic E-state index is -0.152. The zero-order valence-corrected chi connectivity index (χ0v) is 10.7. The first-order valence-corrected chi connectivity index (χ1v) is 5.70. The third-order valence-electron chi connectivity index (χ3n) is 2.79. The van der Waals surface area contributed by atoms with E-state index in [-0.39, 0.29) is 17.9 Å². The molecule has 17 heavy (non-hydrogen) atoms. The Morgan fingerprint density at radius 1 is 1.35 bits per heavy atom. The van der Waals surface area contributed by atoms with Crippen molar-refractivity contribution < 1.29 is 14.9 Å². The molecule has 0 saturated heterocycles. The van der Waals surface area contributed by atoms with Gasteiger partial charge in [0.25, 0.3) is 0 Å². The molecular formula is C13H21NO3. The molecule has 0 aliphatic rings. The van der Waals surface area contributed by atoms with Gasteiger partial charge >= 0.3 is 0 Å². The van der Waals surface area contributed by atoms with Crippen molar-refractivity contribution >= 4 is 0 Å². The zero-order chi connectivity index (χ0) is 12.9. The first-order chi connectivity index (χ1) is 7.98. The van der Waals surface area contributed by atoms with Crippen LogP contribution in [-0.4, -0.2) is 29.5 Å². The molecule has 0 heterocycles. The predicted octanol–water partition coefficient (Wildman–Crippen LogP) is 1.65. The second kappa shape index (κ2) is 5.89. The maximum absolute atomic E-state index is 9.78. The van der Waals surface area contributed by atoms with Crippen molar-refractivity contribution in [2.75, 3.05) is 13.7 Å². The molecule has 0 aliphatic heterocycles. The summed E-state index contributed by atoms with van der Waals surface area (Å²) in [4.78, 5) is 0. The lowest BCUT2D eigenvalue weighted by Gasteiger charge is -2.25. The van der Waals surface area contributed by atoms with E-state index in [0.29, 0.717) is 18.7 Å². The number of aliphatic hydroxyl groups excluding tert-OH is 1. The van der Waals surface area contributed by atoms with Crippen molar-refractivity contribution in [1.82, 2.24) is 5.32 Å². The van der Waals surface area contributed by atoms with E-state index >= 15 is 0 Å². The summed E-state index contributed by atoms with van der Waals surface area (Å²) < 4.78 is 5.02. The van der Waals surface area contributed by atoms with E-state index < -0.39 is 0 Å². The molecule has 0 fully saturated rings. The number of methoxy groups -OCH3 is 1. The van der Waals surface area contributed by atoms with Crippen molar-refractivity contribution in [3.63, 3.8) is 0 Å². The number of phenols is 1. The number of benzene rings is 1. The van der Waals surface area contributed by atoms with Crippen LogP contribution in [0.3, 0.4) is 0 Å². The van der Waals surface area contributed by atoms with Crippen LogP contribution in [0.1, 0.15) is 25.8 Å². The Bertz CT molecular complexity index is 364. The molecule has 0 spiro atoms. The smallest absolute Gasteiger partial charge is 0.123 e. The number of phenolic OH excluding ortho intramolecular Hbond substituents is 1. The molecule has 0 unspecified atom stereocenters. The number of ether oxygens (including phenoxy) is 1. The van der Waals surface area contributed by atoms with Gasteiger partial charge in [-0.05, 0) is 26.3 Å². The monoisotopic (exact) mass is 239 g/mol. The van der Waals surface area contributed by atoms with E-state index in [9.17, 15) is 5.11 Å². The van der Waals surface area contributed by atoms with Crippen molar-refractivity contribution in [1.29, 1.82) is 0 Å². The van der Waals surface area contributed by atoms with Gasteiger partial charge in [-0.2, -0.15) is 0 Å². The Morgan fingerprint density at radius 3 is 2.59 bits per heavy atom. The fourth-order valence-corrected chi connectivity index (χ4v) is 1.52. The van der Waals surface area contributed by atoms with Gasteiger partial charge in [0.1, 0.15) is 11.5 Å². The zero-order valence-electron chi connectivity index (χ0n) is 10.7. The van der Waals surface area contributed by atoms with Gasteiger partial charge in [0.15, 0.2) is 0 Å². The Labute approximate surface area is 102 Å². The van der Waals surface area contributed by atoms with Gasteiger partial charge in [-0.25, -0.2) is 0 Å². The number of hydrogen-bond acceptors (Lipinski definition) is 4. The number of aromatic hydroxyl groups is 1. The average molecular weight is 239 g/mol. The van der Waals surface area contributed by atoms with Crippen LogP contribution >= 0.6 is 0 Å². The number of aliphatic hydroxyl groups is 1. The van der Waals surface area contributed by atoms with E-state index in [1.165, 1.54) is 0 Å². The highest BCUT2D eigenvalue weighted by atomic mass is 16.5. The quantitative estimate of drug-likeness (QED) is 0.706. The Kier molecular flexibility index (Phi) is 4.78. The number of rotatable bonds is 6. The van der Waals surface area contributed by atoms with Crippen LogP contribution < -0.4 is 10.1 Å². The van der Waals surface area contributed by atoms with Crippen molar-refractivity contribution in [2.24, 2.45) is 0 Å². The molecule has 1 aromatic rings. The summed E-state index contributed by atoms with van der Waals surface area (Å²) in [6.07, 6.45) is 0.671. The summed E-state index contributed by atoms with van der Waals surface area (Å²) in [5.74, 6) is 0.859. The third-order valence-corrected chi connectivity index (χ3v) is 2.79. The van der Waals surface area contributed by atoms with E-state index in [0.717, 1.165) is 5.56 Å². The van der Waals surface area contributed by atoms with Gasteiger partial charge in [-0.15, -0.1) is 0 Å². The summed E-state index contributed by atoms with van der Waals surface area (Å²) >= 11 is 0. The lowest BCUT2D eigenvalue weighted by molar-refractivity contribution is 0.229. The molecule has 0 radical (unpaired) electrons. The average Bonchev–Trinajstić information content (AvgIpc) is 2.27. The maximum Gasteiger partial charge on any atom is 0.123 e. The Balaban J connectivity index is 2.63. The second-order valence-corrected chi connectivity index (χ2v) is 4.71. The van der Waals surface area contributed by atoms with Gasteiger partial charge in [0.05, 0.1) is 7.11 Å². The molecule has 0 atom stereocenters. The topological polar surface area (TPSA) is 61.7 Å². The van der Waals surface area contributed by atoms with Crippen LogP contribution in [0.25, 0.3) is 0 Å². The standard InChI is InChI=1S/C13H21NO3/c1-13(2,6-7-15)14-9-10-4-5-11(17-3)8-12(10)16/h4-5,8,14-16H,6-7,9H2,1-3H3. The lowest BCUT2D eigenvalue weighted by Crippen LogP contribution is -2.39. The molecule has 3 N–H and O–H groups in total. The highest BCUT2D eigenvalue weighted by Crippen LogP contribution is 2.23. The largest absolute Gasteiger partial charge is 0.507 e. The molecule has 0 aliphatic carbocycles. The van der Waals surface area contributed by atoms with Crippen LogP contribution in [0.4, 0.5) is 0 Å². The van der Waals surface area contributed by atoms with Crippen LogP contribution in [-0.2, 0) is 6.54 Å². The van der Waals surface area contributed by atoms with Crippen LogP contribution in [0.15, 0.2) is 18.2 Å². The van der Waals surface area contributed by atoms with Gasteiger partial charge < -0.3 is 20.3 Å². The van der Waals surface area contributed by atoms with Crippen molar-refractivity contribution in [3.8, 4) is 11.5 Å². The molecule has 4 nitrogen and oxygen atoms in total. The van der Waals surface area contributed by atoms with E-state index in [2.05, 4.69) is 5.32 Å². The SMILES string of the molecule is COc1ccc(CNC(C)(C)CCO)c(O)c1. The van der Waals surface area contributed by atoms with E-state index in [1.54, 1.807) is 13.2 Å². The third kappa shape index (κ3) is 4.24. The number of hydrogen-bond donors (Lipinski definition) is 3. The highest BCUT2D eigenvalue weighted by molar-refractivity contribution is 5.39. The van der Waals surface area contributed by atoms with Gasteiger partial charge in [-0.3, -0.25) is 0 Å². The molecule has 4 heteroatoms. The maximum atomic E-state index is 9.78. The molecule has 0 saturated carbocycles. The van der Waals surface area contributed by atoms with Gasteiger partial charge in [-0.1, -0.05) is 6.07 Å². The minimum absolute atomic E-state index is 0.147. The molecular weight excluding hydrogens is 218 g/mol. The fourth-order valence-electron chi connectivity index (χ4n) is 1.52. The van der Waals surface area contributed by atoms with Crippen molar-refractivity contribution in [2.45, 2.75) is 32.4 Å². The molecule has 0 bridgehead atoms.